The average Bonchev–Trinajstić information content (AvgIpc) is 3.28. The number of aliphatic hydroxyl groups excluding tert-OH is 1. The van der Waals surface area contributed by atoms with Crippen molar-refractivity contribution in [3.8, 4) is 0 Å². The zero-order valence-corrected chi connectivity index (χ0v) is 38.0. The van der Waals surface area contributed by atoms with Gasteiger partial charge in [0.25, 0.3) is 0 Å². The lowest BCUT2D eigenvalue weighted by atomic mass is 9.91. The number of rotatable bonds is 23. The minimum atomic E-state index is -1.24. The standard InChI is InChI=1S/C51H65N3O11/c1-35(2)44(54-49(63-34-39-25-16-9-17-26-39)40(29-43(56)57)53-50(59)65-51(3,4)5)48(58)52-28-18-27-41-45(60-31-36-19-10-6-11-20-36)47(62-33-38-23-14-8-15-24-38)46(42(30-55)64-41)61-32-37-21-12-7-13-22-37/h6-17,19-26,35,40-42,44-47,55H,18,27-34H2,1-5H3,(H,52,58)(H,53,59)(H,56,57). The van der Waals surface area contributed by atoms with Gasteiger partial charge in [-0.15, -0.1) is 0 Å². The lowest BCUT2D eigenvalue weighted by Gasteiger charge is -2.46. The molecule has 1 fully saturated rings. The van der Waals surface area contributed by atoms with Gasteiger partial charge < -0.3 is 49.3 Å². The van der Waals surface area contributed by atoms with Crippen molar-refractivity contribution in [2.24, 2.45) is 10.9 Å². The van der Waals surface area contributed by atoms with Crippen LogP contribution in [-0.4, -0.2) is 95.4 Å². The Kier molecular flexibility index (Phi) is 19.9. The highest BCUT2D eigenvalue weighted by Crippen LogP contribution is 2.32. The minimum absolute atomic E-state index is 0.0101. The Hall–Kier alpha value is -5.64. The van der Waals surface area contributed by atoms with Gasteiger partial charge in [0.05, 0.1) is 39.0 Å². The molecule has 350 valence electrons. The van der Waals surface area contributed by atoms with Crippen LogP contribution in [0, 0.1) is 5.92 Å². The zero-order valence-electron chi connectivity index (χ0n) is 38.0. The maximum Gasteiger partial charge on any atom is 0.408 e. The summed E-state index contributed by atoms with van der Waals surface area (Å²) in [6.07, 6.45) is -3.80. The van der Waals surface area contributed by atoms with Crippen LogP contribution in [0.25, 0.3) is 0 Å². The van der Waals surface area contributed by atoms with Crippen LogP contribution >= 0.6 is 0 Å². The number of nitrogens with zero attached hydrogens (tertiary/aromatic N) is 1. The summed E-state index contributed by atoms with van der Waals surface area (Å²) in [5.41, 5.74) is 2.81. The van der Waals surface area contributed by atoms with Gasteiger partial charge in [-0.3, -0.25) is 9.59 Å². The zero-order chi connectivity index (χ0) is 46.6. The van der Waals surface area contributed by atoms with Crippen molar-refractivity contribution in [3.63, 3.8) is 0 Å². The maximum atomic E-state index is 14.0. The van der Waals surface area contributed by atoms with Gasteiger partial charge in [-0.05, 0) is 61.8 Å². The van der Waals surface area contributed by atoms with E-state index in [0.717, 1.165) is 22.3 Å². The van der Waals surface area contributed by atoms with Gasteiger partial charge >= 0.3 is 12.1 Å². The largest absolute Gasteiger partial charge is 0.481 e. The number of carboxylic acid groups (broad SMARTS) is 1. The van der Waals surface area contributed by atoms with Crippen molar-refractivity contribution in [2.45, 2.75) is 129 Å². The third-order valence-electron chi connectivity index (χ3n) is 10.5. The van der Waals surface area contributed by atoms with Crippen molar-refractivity contribution in [1.82, 2.24) is 10.6 Å². The smallest absolute Gasteiger partial charge is 0.408 e. The highest BCUT2D eigenvalue weighted by atomic mass is 16.6. The van der Waals surface area contributed by atoms with Gasteiger partial charge in [-0.1, -0.05) is 135 Å². The van der Waals surface area contributed by atoms with Crippen molar-refractivity contribution in [2.75, 3.05) is 13.2 Å². The Morgan fingerprint density at radius 1 is 0.692 bits per heavy atom. The fourth-order valence-corrected chi connectivity index (χ4v) is 7.31. The van der Waals surface area contributed by atoms with Crippen LogP contribution in [-0.2, 0) is 64.4 Å². The molecule has 1 saturated heterocycles. The molecule has 5 rings (SSSR count). The first-order valence-corrected chi connectivity index (χ1v) is 22.3. The van der Waals surface area contributed by atoms with Gasteiger partial charge in [-0.2, -0.15) is 0 Å². The summed E-state index contributed by atoms with van der Waals surface area (Å²) in [5.74, 6) is -2.10. The second-order valence-electron chi connectivity index (χ2n) is 17.3. The molecule has 4 aromatic rings. The van der Waals surface area contributed by atoms with E-state index < -0.39 is 72.6 Å². The third-order valence-corrected chi connectivity index (χ3v) is 10.5. The van der Waals surface area contributed by atoms with E-state index in [1.54, 1.807) is 20.8 Å². The predicted octanol–water partition coefficient (Wildman–Crippen LogP) is 7.41. The molecule has 0 bridgehead atoms. The SMILES string of the molecule is CC(C)C(N=C(OCc1ccccc1)C(CC(=O)O)NC(=O)OC(C)(C)C)C(=O)NCCCC1OC(CO)C(OCc2ccccc2)C(OCc2ccccc2)C1OCc1ccccc1. The molecule has 0 aliphatic carbocycles. The number of carbonyl (C=O) groups is 3. The molecular formula is C51H65N3O11. The first-order chi connectivity index (χ1) is 31.3. The summed E-state index contributed by atoms with van der Waals surface area (Å²) in [6, 6.07) is 36.3. The lowest BCUT2D eigenvalue weighted by molar-refractivity contribution is -0.271. The van der Waals surface area contributed by atoms with Crippen molar-refractivity contribution in [1.29, 1.82) is 0 Å². The third kappa shape index (κ3) is 17.0. The topological polar surface area (TPSA) is 183 Å². The number of hydrogen-bond donors (Lipinski definition) is 4. The number of carbonyl (C=O) groups excluding carboxylic acids is 2. The molecule has 14 nitrogen and oxygen atoms in total. The number of amides is 2. The van der Waals surface area contributed by atoms with E-state index >= 15 is 0 Å². The van der Waals surface area contributed by atoms with E-state index in [2.05, 4.69) is 10.6 Å². The summed E-state index contributed by atoms with van der Waals surface area (Å²) in [4.78, 5) is 43.7. The second-order valence-corrected chi connectivity index (χ2v) is 17.3. The molecule has 1 aliphatic rings. The molecule has 1 heterocycles. The number of aliphatic carboxylic acids is 1. The number of benzene rings is 4. The summed E-state index contributed by atoms with van der Waals surface area (Å²) in [7, 11) is 0. The van der Waals surface area contributed by atoms with Gasteiger partial charge in [0.1, 0.15) is 48.7 Å². The van der Waals surface area contributed by atoms with E-state index in [1.165, 1.54) is 0 Å². The Bertz CT molecular complexity index is 2050. The van der Waals surface area contributed by atoms with E-state index in [-0.39, 0.29) is 51.4 Å². The van der Waals surface area contributed by atoms with Crippen LogP contribution in [0.4, 0.5) is 4.79 Å². The van der Waals surface area contributed by atoms with E-state index in [0.29, 0.717) is 12.8 Å². The highest BCUT2D eigenvalue weighted by molar-refractivity contribution is 5.92. The number of alkyl carbamates (subject to hydrolysis) is 1. The summed E-state index contributed by atoms with van der Waals surface area (Å²) in [5, 5.41) is 26.2. The normalized spacial score (nSPS) is 19.8. The quantitative estimate of drug-likeness (QED) is 0.0331. The van der Waals surface area contributed by atoms with E-state index in [1.807, 2.05) is 135 Å². The number of aliphatic hydroxyl groups is 1. The first kappa shape index (κ1) is 50.4. The Morgan fingerprint density at radius 2 is 1.15 bits per heavy atom. The van der Waals surface area contributed by atoms with Gasteiger partial charge in [0.15, 0.2) is 0 Å². The lowest BCUT2D eigenvalue weighted by Crippen LogP contribution is -2.61. The molecule has 0 spiro atoms. The average molecular weight is 896 g/mol. The fraction of sp³-hybridized carbons (Fsp3) is 0.451. The maximum absolute atomic E-state index is 14.0. The fourth-order valence-electron chi connectivity index (χ4n) is 7.31. The van der Waals surface area contributed by atoms with Crippen LogP contribution in [0.5, 0.6) is 0 Å². The van der Waals surface area contributed by atoms with Gasteiger partial charge in [0, 0.05) is 6.54 Å². The number of carboxylic acids is 1. The second kappa shape index (κ2) is 25.7. The van der Waals surface area contributed by atoms with Crippen LogP contribution in [0.1, 0.15) is 76.1 Å². The van der Waals surface area contributed by atoms with Crippen LogP contribution < -0.4 is 10.6 Å². The molecule has 65 heavy (non-hydrogen) atoms. The van der Waals surface area contributed by atoms with Crippen LogP contribution in [0.2, 0.25) is 0 Å². The molecule has 2 amide bonds. The van der Waals surface area contributed by atoms with Gasteiger partial charge in [-0.25, -0.2) is 9.79 Å². The molecule has 0 saturated carbocycles. The molecule has 14 heteroatoms. The molecule has 7 atom stereocenters. The number of aliphatic imine (C=N–C) groups is 1. The van der Waals surface area contributed by atoms with E-state index in [4.69, 9.17) is 33.4 Å². The molecule has 4 N–H and O–H groups in total. The summed E-state index contributed by atoms with van der Waals surface area (Å²) in [6.45, 7) is 9.46. The van der Waals surface area contributed by atoms with Crippen molar-refractivity contribution < 1.29 is 53.0 Å². The Morgan fingerprint density at radius 3 is 1.60 bits per heavy atom. The molecule has 0 aromatic heterocycles. The number of nitrogens with one attached hydrogen (secondary N) is 2. The Labute approximate surface area is 382 Å². The van der Waals surface area contributed by atoms with Crippen molar-refractivity contribution >= 4 is 23.9 Å². The molecule has 0 radical (unpaired) electrons. The van der Waals surface area contributed by atoms with Crippen LogP contribution in [0.15, 0.2) is 126 Å². The van der Waals surface area contributed by atoms with Gasteiger partial charge in [0.2, 0.25) is 11.8 Å². The first-order valence-electron chi connectivity index (χ1n) is 22.3. The van der Waals surface area contributed by atoms with Crippen molar-refractivity contribution in [3.05, 3.63) is 144 Å². The predicted molar refractivity (Wildman–Crippen MR) is 246 cm³/mol. The highest BCUT2D eigenvalue weighted by Gasteiger charge is 2.48. The Balaban J connectivity index is 1.35. The summed E-state index contributed by atoms with van der Waals surface area (Å²) < 4.78 is 38.1. The molecule has 7 unspecified atom stereocenters. The molecule has 1 aliphatic heterocycles. The molecule has 4 aromatic carbocycles. The number of ether oxygens (including phenoxy) is 6. The van der Waals surface area contributed by atoms with E-state index in [9.17, 15) is 24.6 Å². The minimum Gasteiger partial charge on any atom is -0.481 e. The monoisotopic (exact) mass is 895 g/mol. The number of hydrogen-bond acceptors (Lipinski definition) is 11. The summed E-state index contributed by atoms with van der Waals surface area (Å²) >= 11 is 0. The van der Waals surface area contributed by atoms with Crippen LogP contribution in [0.3, 0.4) is 0 Å². The molecular weight excluding hydrogens is 831 g/mol.